The van der Waals surface area contributed by atoms with E-state index in [1.807, 2.05) is 6.92 Å². The molecule has 1 unspecified atom stereocenters. The molecule has 0 spiro atoms. The fraction of sp³-hybridized carbons (Fsp3) is 0.529. The number of carbonyl (C=O) groups excluding carboxylic acids is 2. The molecule has 0 saturated carbocycles. The van der Waals surface area contributed by atoms with Crippen molar-refractivity contribution < 1.29 is 14.7 Å². The molecule has 5 heteroatoms. The number of anilines is 1. The Hall–Kier alpha value is -1.72. The van der Waals surface area contributed by atoms with Crippen LogP contribution in [0.2, 0.25) is 0 Å². The predicted octanol–water partition coefficient (Wildman–Crippen LogP) is 1.92. The molecule has 1 amide bonds. The first-order valence-electron chi connectivity index (χ1n) is 7.78. The van der Waals surface area contributed by atoms with E-state index in [1.165, 1.54) is 6.92 Å². The number of piperidine rings is 1. The second kappa shape index (κ2) is 7.51. The summed E-state index contributed by atoms with van der Waals surface area (Å²) < 4.78 is 0. The third-order valence-corrected chi connectivity index (χ3v) is 4.37. The summed E-state index contributed by atoms with van der Waals surface area (Å²) in [5.74, 6) is 0.275. The smallest absolute Gasteiger partial charge is 0.241 e. The zero-order valence-corrected chi connectivity index (χ0v) is 13.2. The second-order valence-corrected chi connectivity index (χ2v) is 5.96. The molecule has 22 heavy (non-hydrogen) atoms. The van der Waals surface area contributed by atoms with Crippen LogP contribution in [0.1, 0.15) is 37.0 Å². The molecule has 1 aliphatic rings. The van der Waals surface area contributed by atoms with E-state index in [4.69, 9.17) is 5.11 Å². The number of aliphatic hydroxyl groups is 1. The van der Waals surface area contributed by atoms with Crippen LogP contribution in [0.3, 0.4) is 0 Å². The SMILES string of the molecule is CC(=O)c1cccc(NC(=O)C(C)N2CCC(CO)CC2)c1. The number of hydrogen-bond acceptors (Lipinski definition) is 4. The van der Waals surface area contributed by atoms with Gasteiger partial charge in [0, 0.05) is 17.9 Å². The van der Waals surface area contributed by atoms with Gasteiger partial charge < -0.3 is 10.4 Å². The van der Waals surface area contributed by atoms with E-state index in [9.17, 15) is 9.59 Å². The number of carbonyl (C=O) groups is 2. The quantitative estimate of drug-likeness (QED) is 0.816. The van der Waals surface area contributed by atoms with Gasteiger partial charge in [-0.1, -0.05) is 12.1 Å². The van der Waals surface area contributed by atoms with Gasteiger partial charge in [0.2, 0.25) is 5.91 Å². The number of likely N-dealkylation sites (tertiary alicyclic amines) is 1. The molecule has 1 aromatic rings. The Morgan fingerprint density at radius 1 is 1.36 bits per heavy atom. The summed E-state index contributed by atoms with van der Waals surface area (Å²) in [7, 11) is 0. The van der Waals surface area contributed by atoms with Crippen LogP contribution in [0.4, 0.5) is 5.69 Å². The first-order valence-corrected chi connectivity index (χ1v) is 7.78. The Kier molecular flexibility index (Phi) is 5.69. The molecular formula is C17H24N2O3. The average molecular weight is 304 g/mol. The molecule has 2 N–H and O–H groups in total. The maximum atomic E-state index is 12.4. The van der Waals surface area contributed by atoms with Crippen molar-refractivity contribution in [1.29, 1.82) is 0 Å². The van der Waals surface area contributed by atoms with Gasteiger partial charge in [0.1, 0.15) is 0 Å². The summed E-state index contributed by atoms with van der Waals surface area (Å²) in [5, 5.41) is 12.0. The average Bonchev–Trinajstić information content (AvgIpc) is 2.54. The van der Waals surface area contributed by atoms with Gasteiger partial charge in [-0.05, 0) is 57.8 Å². The number of hydrogen-bond donors (Lipinski definition) is 2. The Bertz CT molecular complexity index is 536. The number of Topliss-reactive ketones (excluding diaryl/α,β-unsaturated/α-hetero) is 1. The molecule has 0 bridgehead atoms. The van der Waals surface area contributed by atoms with E-state index in [-0.39, 0.29) is 24.3 Å². The Morgan fingerprint density at radius 3 is 2.64 bits per heavy atom. The predicted molar refractivity (Wildman–Crippen MR) is 85.9 cm³/mol. The standard InChI is InChI=1S/C17H24N2O3/c1-12(19-8-6-14(11-20)7-9-19)17(22)18-16-5-3-4-15(10-16)13(2)21/h3-5,10,12,14,20H,6-9,11H2,1-2H3,(H,18,22). The maximum Gasteiger partial charge on any atom is 0.241 e. The minimum Gasteiger partial charge on any atom is -0.396 e. The number of benzene rings is 1. The summed E-state index contributed by atoms with van der Waals surface area (Å²) in [4.78, 5) is 25.9. The van der Waals surface area contributed by atoms with Crippen molar-refractivity contribution in [2.24, 2.45) is 5.92 Å². The van der Waals surface area contributed by atoms with Crippen LogP contribution in [-0.4, -0.2) is 47.4 Å². The van der Waals surface area contributed by atoms with Gasteiger partial charge in [0.15, 0.2) is 5.78 Å². The number of nitrogens with zero attached hydrogens (tertiary/aromatic N) is 1. The van der Waals surface area contributed by atoms with Crippen LogP contribution in [0.25, 0.3) is 0 Å². The first-order chi connectivity index (χ1) is 10.5. The van der Waals surface area contributed by atoms with Gasteiger partial charge in [-0.3, -0.25) is 14.5 Å². The second-order valence-electron chi connectivity index (χ2n) is 5.96. The molecule has 0 aliphatic carbocycles. The number of ketones is 1. The highest BCUT2D eigenvalue weighted by Gasteiger charge is 2.26. The summed E-state index contributed by atoms with van der Waals surface area (Å²) in [6.45, 7) is 5.28. The molecule has 0 aromatic heterocycles. The highest BCUT2D eigenvalue weighted by molar-refractivity contribution is 5.98. The van der Waals surface area contributed by atoms with Crippen LogP contribution < -0.4 is 5.32 Å². The van der Waals surface area contributed by atoms with E-state index >= 15 is 0 Å². The third-order valence-electron chi connectivity index (χ3n) is 4.37. The van der Waals surface area contributed by atoms with Crippen molar-refractivity contribution in [1.82, 2.24) is 4.90 Å². The van der Waals surface area contributed by atoms with Crippen molar-refractivity contribution >= 4 is 17.4 Å². The van der Waals surface area contributed by atoms with Crippen LogP contribution in [0.5, 0.6) is 0 Å². The van der Waals surface area contributed by atoms with Crippen molar-refractivity contribution in [2.75, 3.05) is 25.0 Å². The summed E-state index contributed by atoms with van der Waals surface area (Å²) >= 11 is 0. The molecule has 1 fully saturated rings. The molecule has 5 nitrogen and oxygen atoms in total. The molecule has 1 aliphatic heterocycles. The van der Waals surface area contributed by atoms with E-state index in [0.29, 0.717) is 17.2 Å². The number of amides is 1. The minimum absolute atomic E-state index is 0.0183. The third kappa shape index (κ3) is 4.15. The van der Waals surface area contributed by atoms with Gasteiger partial charge in [0.25, 0.3) is 0 Å². The van der Waals surface area contributed by atoms with Crippen molar-refractivity contribution in [3.63, 3.8) is 0 Å². The van der Waals surface area contributed by atoms with Crippen molar-refractivity contribution in [2.45, 2.75) is 32.7 Å². The zero-order chi connectivity index (χ0) is 16.1. The van der Waals surface area contributed by atoms with Gasteiger partial charge in [-0.2, -0.15) is 0 Å². The van der Waals surface area contributed by atoms with E-state index < -0.39 is 0 Å². The lowest BCUT2D eigenvalue weighted by Gasteiger charge is -2.34. The van der Waals surface area contributed by atoms with Gasteiger partial charge in [-0.25, -0.2) is 0 Å². The topological polar surface area (TPSA) is 69.6 Å². The monoisotopic (exact) mass is 304 g/mol. The molecule has 0 radical (unpaired) electrons. The molecule has 1 saturated heterocycles. The lowest BCUT2D eigenvalue weighted by Crippen LogP contribution is -2.46. The van der Waals surface area contributed by atoms with Crippen LogP contribution in [0.15, 0.2) is 24.3 Å². The lowest BCUT2D eigenvalue weighted by atomic mass is 9.97. The molecule has 1 atom stereocenters. The summed E-state index contributed by atoms with van der Waals surface area (Å²) in [5.41, 5.74) is 1.24. The lowest BCUT2D eigenvalue weighted by molar-refractivity contribution is -0.121. The van der Waals surface area contributed by atoms with Crippen LogP contribution in [-0.2, 0) is 4.79 Å². The Balaban J connectivity index is 1.94. The van der Waals surface area contributed by atoms with Gasteiger partial charge >= 0.3 is 0 Å². The van der Waals surface area contributed by atoms with E-state index in [2.05, 4.69) is 10.2 Å². The van der Waals surface area contributed by atoms with Gasteiger partial charge in [-0.15, -0.1) is 0 Å². The van der Waals surface area contributed by atoms with Crippen molar-refractivity contribution in [3.05, 3.63) is 29.8 Å². The van der Waals surface area contributed by atoms with Crippen LogP contribution in [0, 0.1) is 5.92 Å². The molecule has 2 rings (SSSR count). The summed E-state index contributed by atoms with van der Waals surface area (Å²) in [6.07, 6.45) is 1.85. The Labute approximate surface area is 131 Å². The van der Waals surface area contributed by atoms with E-state index in [1.54, 1.807) is 24.3 Å². The molecule has 1 aromatic carbocycles. The number of nitrogens with one attached hydrogen (secondary N) is 1. The van der Waals surface area contributed by atoms with E-state index in [0.717, 1.165) is 25.9 Å². The molecule has 1 heterocycles. The minimum atomic E-state index is -0.222. The fourth-order valence-electron chi connectivity index (χ4n) is 2.75. The highest BCUT2D eigenvalue weighted by Crippen LogP contribution is 2.19. The highest BCUT2D eigenvalue weighted by atomic mass is 16.3. The normalized spacial score (nSPS) is 18.0. The van der Waals surface area contributed by atoms with Crippen LogP contribution >= 0.6 is 0 Å². The number of aliphatic hydroxyl groups excluding tert-OH is 1. The number of rotatable bonds is 5. The fourth-order valence-corrected chi connectivity index (χ4v) is 2.75. The summed E-state index contributed by atoms with van der Waals surface area (Å²) in [6, 6.07) is 6.77. The maximum absolute atomic E-state index is 12.4. The zero-order valence-electron chi connectivity index (χ0n) is 13.2. The first kappa shape index (κ1) is 16.6. The van der Waals surface area contributed by atoms with Gasteiger partial charge in [0.05, 0.1) is 6.04 Å². The Morgan fingerprint density at radius 2 is 2.05 bits per heavy atom. The largest absolute Gasteiger partial charge is 0.396 e. The van der Waals surface area contributed by atoms with Crippen molar-refractivity contribution in [3.8, 4) is 0 Å². The molecule has 120 valence electrons. The molecular weight excluding hydrogens is 280 g/mol.